The molecule has 18 heavy (non-hydrogen) atoms. The lowest BCUT2D eigenvalue weighted by Gasteiger charge is -2.05. The van der Waals surface area contributed by atoms with Gasteiger partial charge in [-0.3, -0.25) is 4.79 Å². The van der Waals surface area contributed by atoms with Crippen molar-refractivity contribution in [3.63, 3.8) is 0 Å². The Labute approximate surface area is 105 Å². The van der Waals surface area contributed by atoms with E-state index in [9.17, 15) is 9.59 Å². The van der Waals surface area contributed by atoms with E-state index in [2.05, 4.69) is 4.98 Å². The van der Waals surface area contributed by atoms with E-state index < -0.39 is 5.97 Å². The molecule has 0 bridgehead atoms. The van der Waals surface area contributed by atoms with Gasteiger partial charge in [-0.1, -0.05) is 0 Å². The number of nitrogens with zero attached hydrogens (tertiary/aromatic N) is 2. The molecule has 1 aromatic heterocycles. The summed E-state index contributed by atoms with van der Waals surface area (Å²) in [6.45, 7) is 4.35. The normalized spacial score (nSPS) is 10.1. The van der Waals surface area contributed by atoms with Crippen LogP contribution in [0.25, 0.3) is 0 Å². The smallest absolute Gasteiger partial charge is 0.360 e. The van der Waals surface area contributed by atoms with Gasteiger partial charge >= 0.3 is 11.9 Å². The second-order valence-electron chi connectivity index (χ2n) is 3.45. The van der Waals surface area contributed by atoms with Gasteiger partial charge in [-0.05, 0) is 13.8 Å². The largest absolute Gasteiger partial charge is 0.466 e. The Balaban J connectivity index is 2.63. The summed E-state index contributed by atoms with van der Waals surface area (Å²) < 4.78 is 11.1. The first-order chi connectivity index (χ1) is 8.60. The maximum absolute atomic E-state index is 11.4. The highest BCUT2D eigenvalue weighted by molar-refractivity contribution is 5.92. The van der Waals surface area contributed by atoms with E-state index in [1.54, 1.807) is 13.8 Å². The molecule has 0 aliphatic rings. The molecule has 0 amide bonds. The topological polar surface area (TPSA) is 96.4 Å². The molecule has 1 heterocycles. The first-order valence-electron chi connectivity index (χ1n) is 5.73. The van der Waals surface area contributed by atoms with E-state index in [0.29, 0.717) is 13.2 Å². The van der Waals surface area contributed by atoms with Crippen LogP contribution in [0.4, 0.5) is 5.82 Å². The van der Waals surface area contributed by atoms with Gasteiger partial charge < -0.3 is 19.8 Å². The molecule has 0 aromatic carbocycles. The quantitative estimate of drug-likeness (QED) is 0.747. The summed E-state index contributed by atoms with van der Waals surface area (Å²) in [6.07, 6.45) is 1.58. The van der Waals surface area contributed by atoms with Crippen molar-refractivity contribution in [2.75, 3.05) is 18.9 Å². The van der Waals surface area contributed by atoms with Gasteiger partial charge in [0.2, 0.25) is 0 Å². The average Bonchev–Trinajstić information content (AvgIpc) is 2.69. The molecule has 0 unspecified atom stereocenters. The Morgan fingerprint density at radius 2 is 2.00 bits per heavy atom. The average molecular weight is 255 g/mol. The molecule has 7 heteroatoms. The van der Waals surface area contributed by atoms with Gasteiger partial charge in [-0.2, -0.15) is 0 Å². The summed E-state index contributed by atoms with van der Waals surface area (Å²) in [6, 6.07) is 0. The molecule has 0 radical (unpaired) electrons. The van der Waals surface area contributed by atoms with Crippen LogP contribution in [0.5, 0.6) is 0 Å². The van der Waals surface area contributed by atoms with Crippen molar-refractivity contribution in [2.24, 2.45) is 0 Å². The highest BCUT2D eigenvalue weighted by atomic mass is 16.5. The van der Waals surface area contributed by atoms with Crippen molar-refractivity contribution in [3.8, 4) is 0 Å². The molecule has 0 aliphatic carbocycles. The molecule has 0 saturated heterocycles. The number of aryl methyl sites for hydroxylation is 1. The summed E-state index contributed by atoms with van der Waals surface area (Å²) in [5.74, 6) is -0.689. The number of anilines is 1. The summed E-state index contributed by atoms with van der Waals surface area (Å²) in [7, 11) is 0. The number of rotatable bonds is 6. The number of ether oxygens (including phenoxy) is 2. The number of imidazole rings is 1. The number of nitrogen functional groups attached to an aromatic ring is 1. The highest BCUT2D eigenvalue weighted by Crippen LogP contribution is 2.12. The summed E-state index contributed by atoms with van der Waals surface area (Å²) in [4.78, 5) is 26.5. The van der Waals surface area contributed by atoms with Crippen LogP contribution in [-0.4, -0.2) is 34.7 Å². The summed E-state index contributed by atoms with van der Waals surface area (Å²) >= 11 is 0. The zero-order valence-electron chi connectivity index (χ0n) is 10.5. The Bertz CT molecular complexity index is 428. The van der Waals surface area contributed by atoms with E-state index in [0.717, 1.165) is 0 Å². The Hall–Kier alpha value is -2.05. The van der Waals surface area contributed by atoms with Gasteiger partial charge in [0.1, 0.15) is 5.82 Å². The second-order valence-corrected chi connectivity index (χ2v) is 3.45. The fourth-order valence-electron chi connectivity index (χ4n) is 1.37. The number of hydrogen-bond acceptors (Lipinski definition) is 6. The Morgan fingerprint density at radius 3 is 2.61 bits per heavy atom. The minimum Gasteiger partial charge on any atom is -0.466 e. The van der Waals surface area contributed by atoms with Crippen LogP contribution in [0.1, 0.15) is 30.8 Å². The van der Waals surface area contributed by atoms with Crippen molar-refractivity contribution in [2.45, 2.75) is 26.8 Å². The van der Waals surface area contributed by atoms with Crippen LogP contribution in [0, 0.1) is 0 Å². The molecule has 0 spiro atoms. The molecule has 0 aliphatic heterocycles. The van der Waals surface area contributed by atoms with E-state index >= 15 is 0 Å². The summed E-state index contributed by atoms with van der Waals surface area (Å²) in [5, 5.41) is 0. The number of carbonyl (C=O) groups excluding carboxylic acids is 2. The van der Waals surface area contributed by atoms with Crippen molar-refractivity contribution in [1.29, 1.82) is 0 Å². The molecule has 2 N–H and O–H groups in total. The SMILES string of the molecule is CCOC(=O)CCn1cnc(C(=O)OCC)c1N. The highest BCUT2D eigenvalue weighted by Gasteiger charge is 2.17. The molecule has 1 aromatic rings. The van der Waals surface area contributed by atoms with Gasteiger partial charge in [0.25, 0.3) is 0 Å². The maximum Gasteiger partial charge on any atom is 0.360 e. The van der Waals surface area contributed by atoms with Gasteiger partial charge in [0, 0.05) is 6.54 Å². The standard InChI is InChI=1S/C11H17N3O4/c1-3-17-8(15)5-6-14-7-13-9(10(14)12)11(16)18-4-2/h7H,3-6,12H2,1-2H3. The summed E-state index contributed by atoms with van der Waals surface area (Å²) in [5.41, 5.74) is 5.81. The minimum absolute atomic E-state index is 0.0701. The maximum atomic E-state index is 11.4. The van der Waals surface area contributed by atoms with Gasteiger partial charge in [0.15, 0.2) is 5.69 Å². The fourth-order valence-corrected chi connectivity index (χ4v) is 1.37. The lowest BCUT2D eigenvalue weighted by molar-refractivity contribution is -0.143. The van der Waals surface area contributed by atoms with Crippen molar-refractivity contribution < 1.29 is 19.1 Å². The van der Waals surface area contributed by atoms with Crippen molar-refractivity contribution in [1.82, 2.24) is 9.55 Å². The number of esters is 2. The van der Waals surface area contributed by atoms with Crippen molar-refractivity contribution in [3.05, 3.63) is 12.0 Å². The number of aromatic nitrogens is 2. The predicted molar refractivity (Wildman–Crippen MR) is 63.8 cm³/mol. The van der Waals surface area contributed by atoms with Gasteiger partial charge in [-0.25, -0.2) is 9.78 Å². The number of carbonyl (C=O) groups is 2. The third-order valence-electron chi connectivity index (χ3n) is 2.21. The van der Waals surface area contributed by atoms with Crippen LogP contribution < -0.4 is 5.73 Å². The monoisotopic (exact) mass is 255 g/mol. The van der Waals surface area contributed by atoms with E-state index in [1.807, 2.05) is 0 Å². The molecule has 0 saturated carbocycles. The first-order valence-corrected chi connectivity index (χ1v) is 5.73. The van der Waals surface area contributed by atoms with E-state index in [-0.39, 0.29) is 30.5 Å². The van der Waals surface area contributed by atoms with Gasteiger partial charge in [0.05, 0.1) is 26.0 Å². The van der Waals surface area contributed by atoms with Crippen LogP contribution in [0.2, 0.25) is 0 Å². The minimum atomic E-state index is -0.565. The third-order valence-corrected chi connectivity index (χ3v) is 2.21. The number of nitrogens with two attached hydrogens (primary N) is 1. The first kappa shape index (κ1) is 14.0. The Kier molecular flexibility index (Phi) is 5.16. The molecule has 1 rings (SSSR count). The van der Waals surface area contributed by atoms with Crippen LogP contribution in [-0.2, 0) is 20.8 Å². The lowest BCUT2D eigenvalue weighted by atomic mass is 10.4. The molecule has 7 nitrogen and oxygen atoms in total. The zero-order valence-corrected chi connectivity index (χ0v) is 10.5. The van der Waals surface area contributed by atoms with Crippen LogP contribution in [0.15, 0.2) is 6.33 Å². The van der Waals surface area contributed by atoms with E-state index in [4.69, 9.17) is 15.2 Å². The second kappa shape index (κ2) is 6.63. The van der Waals surface area contributed by atoms with Crippen molar-refractivity contribution >= 4 is 17.8 Å². The van der Waals surface area contributed by atoms with E-state index in [1.165, 1.54) is 10.9 Å². The predicted octanol–water partition coefficient (Wildman–Crippen LogP) is 0.595. The van der Waals surface area contributed by atoms with Gasteiger partial charge in [-0.15, -0.1) is 0 Å². The van der Waals surface area contributed by atoms with Crippen LogP contribution >= 0.6 is 0 Å². The molecule has 0 fully saturated rings. The third kappa shape index (κ3) is 3.47. The molecular formula is C11H17N3O4. The lowest BCUT2D eigenvalue weighted by Crippen LogP contribution is -2.12. The molecule has 0 atom stereocenters. The fraction of sp³-hybridized carbons (Fsp3) is 0.545. The zero-order chi connectivity index (χ0) is 13.5. The molecule has 100 valence electrons. The van der Waals surface area contributed by atoms with Crippen LogP contribution in [0.3, 0.4) is 0 Å². The molecular weight excluding hydrogens is 238 g/mol. The Morgan fingerprint density at radius 1 is 1.33 bits per heavy atom. The number of hydrogen-bond donors (Lipinski definition) is 1.